The lowest BCUT2D eigenvalue weighted by atomic mass is 9.90. The second-order valence-corrected chi connectivity index (χ2v) is 7.71. The molecule has 0 bridgehead atoms. The Labute approximate surface area is 147 Å². The van der Waals surface area contributed by atoms with E-state index in [2.05, 4.69) is 16.7 Å². The molecule has 0 radical (unpaired) electrons. The standard InChI is InChI=1S/C18H21N3O3S/c19-25(23,24)15-10-8-13(9-11-15)12-20-18(22)21-17-7-3-5-14-4-1-2-6-16(14)17/h3,5,7-11H,1-2,4,6,12H2,(H2,19,23,24)(H2,20,21,22). The fourth-order valence-electron chi connectivity index (χ4n) is 3.04. The Hall–Kier alpha value is -2.38. The average Bonchev–Trinajstić information content (AvgIpc) is 2.60. The zero-order valence-corrected chi connectivity index (χ0v) is 14.6. The van der Waals surface area contributed by atoms with E-state index in [9.17, 15) is 13.2 Å². The third kappa shape index (κ3) is 4.37. The first-order valence-corrected chi connectivity index (χ1v) is 9.75. The summed E-state index contributed by atoms with van der Waals surface area (Å²) in [6.45, 7) is 0.297. The van der Waals surface area contributed by atoms with Gasteiger partial charge >= 0.3 is 6.03 Å². The molecule has 2 aromatic rings. The molecular formula is C18H21N3O3S. The number of carbonyl (C=O) groups is 1. The molecule has 7 heteroatoms. The SMILES string of the molecule is NS(=O)(=O)c1ccc(CNC(=O)Nc2cccc3c2CCCC3)cc1. The number of nitrogens with two attached hydrogens (primary N) is 1. The monoisotopic (exact) mass is 359 g/mol. The Balaban J connectivity index is 1.60. The van der Waals surface area contributed by atoms with Crippen LogP contribution in [0.4, 0.5) is 10.5 Å². The number of sulfonamides is 1. The van der Waals surface area contributed by atoms with Crippen LogP contribution in [0, 0.1) is 0 Å². The van der Waals surface area contributed by atoms with Crippen LogP contribution in [0.2, 0.25) is 0 Å². The normalized spacial score (nSPS) is 13.8. The largest absolute Gasteiger partial charge is 0.334 e. The molecule has 0 saturated heterocycles. The van der Waals surface area contributed by atoms with E-state index in [1.165, 1.54) is 29.7 Å². The summed E-state index contributed by atoms with van der Waals surface area (Å²) >= 11 is 0. The molecule has 0 saturated carbocycles. The number of amides is 2. The highest BCUT2D eigenvalue weighted by Crippen LogP contribution is 2.27. The van der Waals surface area contributed by atoms with Crippen molar-refractivity contribution in [3.05, 3.63) is 59.2 Å². The molecule has 0 heterocycles. The molecule has 2 aromatic carbocycles. The van der Waals surface area contributed by atoms with Gasteiger partial charge in [-0.25, -0.2) is 18.4 Å². The van der Waals surface area contributed by atoms with Gasteiger partial charge in [-0.1, -0.05) is 24.3 Å². The number of primary sulfonamides is 1. The first-order chi connectivity index (χ1) is 11.9. The third-order valence-corrected chi connectivity index (χ3v) is 5.28. The maximum atomic E-state index is 12.2. The zero-order valence-electron chi connectivity index (χ0n) is 13.8. The van der Waals surface area contributed by atoms with Crippen LogP contribution in [0.3, 0.4) is 0 Å². The maximum absolute atomic E-state index is 12.2. The van der Waals surface area contributed by atoms with E-state index in [4.69, 9.17) is 5.14 Å². The highest BCUT2D eigenvalue weighted by molar-refractivity contribution is 7.89. The molecule has 0 spiro atoms. The van der Waals surface area contributed by atoms with Gasteiger partial charge in [0.2, 0.25) is 10.0 Å². The quantitative estimate of drug-likeness (QED) is 0.782. The number of aryl methyl sites for hydroxylation is 1. The van der Waals surface area contributed by atoms with Gasteiger partial charge in [-0.3, -0.25) is 0 Å². The molecule has 1 aliphatic carbocycles. The van der Waals surface area contributed by atoms with Crippen molar-refractivity contribution in [1.82, 2.24) is 5.32 Å². The van der Waals surface area contributed by atoms with Crippen LogP contribution in [0.5, 0.6) is 0 Å². The van der Waals surface area contributed by atoms with Gasteiger partial charge in [0, 0.05) is 12.2 Å². The summed E-state index contributed by atoms with van der Waals surface area (Å²) < 4.78 is 22.5. The number of nitrogens with one attached hydrogen (secondary N) is 2. The van der Waals surface area contributed by atoms with Gasteiger partial charge in [-0.05, 0) is 60.6 Å². The number of urea groups is 1. The molecule has 132 valence electrons. The Kier molecular flexibility index (Phi) is 5.06. The Morgan fingerprint density at radius 3 is 2.48 bits per heavy atom. The maximum Gasteiger partial charge on any atom is 0.319 e. The molecule has 0 atom stereocenters. The van der Waals surface area contributed by atoms with E-state index >= 15 is 0 Å². The summed E-state index contributed by atoms with van der Waals surface area (Å²) in [4.78, 5) is 12.2. The van der Waals surface area contributed by atoms with E-state index in [1.54, 1.807) is 12.1 Å². The lowest BCUT2D eigenvalue weighted by Crippen LogP contribution is -2.29. The molecule has 0 fully saturated rings. The van der Waals surface area contributed by atoms with E-state index in [0.29, 0.717) is 6.54 Å². The number of fused-ring (bicyclic) bond motifs is 1. The molecule has 3 rings (SSSR count). The minimum Gasteiger partial charge on any atom is -0.334 e. The molecular weight excluding hydrogens is 338 g/mol. The minimum atomic E-state index is -3.70. The minimum absolute atomic E-state index is 0.0524. The second-order valence-electron chi connectivity index (χ2n) is 6.15. The molecule has 2 amide bonds. The van der Waals surface area contributed by atoms with Gasteiger partial charge < -0.3 is 10.6 Å². The summed E-state index contributed by atoms with van der Waals surface area (Å²) in [5.41, 5.74) is 4.18. The third-order valence-electron chi connectivity index (χ3n) is 4.35. The van der Waals surface area contributed by atoms with Crippen LogP contribution in [0.15, 0.2) is 47.4 Å². The van der Waals surface area contributed by atoms with Crippen molar-refractivity contribution in [3.63, 3.8) is 0 Å². The summed E-state index contributed by atoms with van der Waals surface area (Å²) in [7, 11) is -3.70. The highest BCUT2D eigenvalue weighted by atomic mass is 32.2. The van der Waals surface area contributed by atoms with Gasteiger partial charge in [0.05, 0.1) is 4.90 Å². The van der Waals surface area contributed by atoms with E-state index in [0.717, 1.165) is 30.5 Å². The van der Waals surface area contributed by atoms with Gasteiger partial charge in [0.25, 0.3) is 0 Å². The number of hydrogen-bond donors (Lipinski definition) is 3. The van der Waals surface area contributed by atoms with Crippen LogP contribution in [0.25, 0.3) is 0 Å². The van der Waals surface area contributed by atoms with Crippen molar-refractivity contribution >= 4 is 21.7 Å². The van der Waals surface area contributed by atoms with Gasteiger partial charge in [-0.2, -0.15) is 0 Å². The molecule has 0 aromatic heterocycles. The molecule has 0 unspecified atom stereocenters. The average molecular weight is 359 g/mol. The predicted octanol–water partition coefficient (Wildman–Crippen LogP) is 2.53. The predicted molar refractivity (Wildman–Crippen MR) is 96.8 cm³/mol. The van der Waals surface area contributed by atoms with Crippen molar-refractivity contribution in [2.24, 2.45) is 5.14 Å². The van der Waals surface area contributed by atoms with Gasteiger partial charge in [0.15, 0.2) is 0 Å². The van der Waals surface area contributed by atoms with Crippen LogP contribution < -0.4 is 15.8 Å². The topological polar surface area (TPSA) is 101 Å². The zero-order chi connectivity index (χ0) is 17.9. The number of anilines is 1. The number of hydrogen-bond acceptors (Lipinski definition) is 3. The van der Waals surface area contributed by atoms with Crippen LogP contribution in [-0.2, 0) is 29.4 Å². The molecule has 4 N–H and O–H groups in total. The first-order valence-electron chi connectivity index (χ1n) is 8.21. The van der Waals surface area contributed by atoms with Crippen molar-refractivity contribution in [3.8, 4) is 0 Å². The van der Waals surface area contributed by atoms with Crippen LogP contribution >= 0.6 is 0 Å². The van der Waals surface area contributed by atoms with Gasteiger partial charge in [-0.15, -0.1) is 0 Å². The van der Waals surface area contributed by atoms with Crippen LogP contribution in [-0.4, -0.2) is 14.4 Å². The lowest BCUT2D eigenvalue weighted by Gasteiger charge is -2.19. The van der Waals surface area contributed by atoms with E-state index in [1.807, 2.05) is 12.1 Å². The fourth-order valence-corrected chi connectivity index (χ4v) is 3.56. The molecule has 6 nitrogen and oxygen atoms in total. The Morgan fingerprint density at radius 2 is 1.76 bits per heavy atom. The summed E-state index contributed by atoms with van der Waals surface area (Å²) in [6, 6.07) is 11.8. The van der Waals surface area contributed by atoms with Gasteiger partial charge in [0.1, 0.15) is 0 Å². The Morgan fingerprint density at radius 1 is 1.04 bits per heavy atom. The summed E-state index contributed by atoms with van der Waals surface area (Å²) in [5.74, 6) is 0. The van der Waals surface area contributed by atoms with Crippen molar-refractivity contribution in [2.45, 2.75) is 37.1 Å². The fraction of sp³-hybridized carbons (Fsp3) is 0.278. The van der Waals surface area contributed by atoms with Crippen molar-refractivity contribution in [2.75, 3.05) is 5.32 Å². The van der Waals surface area contributed by atoms with Crippen molar-refractivity contribution in [1.29, 1.82) is 0 Å². The summed E-state index contributed by atoms with van der Waals surface area (Å²) in [6.07, 6.45) is 4.38. The number of carbonyl (C=O) groups excluding carboxylic acids is 1. The smallest absolute Gasteiger partial charge is 0.319 e. The molecule has 25 heavy (non-hydrogen) atoms. The van der Waals surface area contributed by atoms with E-state index < -0.39 is 10.0 Å². The number of rotatable bonds is 4. The highest BCUT2D eigenvalue weighted by Gasteiger charge is 2.14. The summed E-state index contributed by atoms with van der Waals surface area (Å²) in [5, 5.41) is 10.8. The van der Waals surface area contributed by atoms with E-state index in [-0.39, 0.29) is 10.9 Å². The molecule has 0 aliphatic heterocycles. The molecule has 1 aliphatic rings. The van der Waals surface area contributed by atoms with Crippen LogP contribution in [0.1, 0.15) is 29.5 Å². The Bertz CT molecular complexity index is 877. The van der Waals surface area contributed by atoms with Crippen molar-refractivity contribution < 1.29 is 13.2 Å². The first kappa shape index (κ1) is 17.4. The second kappa shape index (κ2) is 7.25. The lowest BCUT2D eigenvalue weighted by molar-refractivity contribution is 0.251. The number of benzene rings is 2.